The Morgan fingerprint density at radius 2 is 1.24 bits per heavy atom. The minimum Gasteiger partial charge on any atom is -0.460 e. The van der Waals surface area contributed by atoms with Crippen LogP contribution in [0, 0.1) is 10.8 Å². The third-order valence-electron chi connectivity index (χ3n) is 4.00. The van der Waals surface area contributed by atoms with Crippen LogP contribution in [0.4, 0.5) is 0 Å². The fourth-order valence-corrected chi connectivity index (χ4v) is 1.43. The molecule has 0 aliphatic carbocycles. The maximum absolute atomic E-state index is 12.2. The van der Waals surface area contributed by atoms with Gasteiger partial charge in [-0.2, -0.15) is 0 Å². The largest absolute Gasteiger partial charge is 0.460 e. The van der Waals surface area contributed by atoms with Gasteiger partial charge in [-0.05, 0) is 48.5 Å². The second-order valence-corrected chi connectivity index (χ2v) is 7.31. The van der Waals surface area contributed by atoms with Gasteiger partial charge in [0, 0.05) is 5.41 Å². The van der Waals surface area contributed by atoms with Gasteiger partial charge < -0.3 is 9.84 Å². The minimum atomic E-state index is -0.965. The number of rotatable bonds is 3. The first-order chi connectivity index (χ1) is 7.13. The summed E-state index contributed by atoms with van der Waals surface area (Å²) in [5.41, 5.74) is -2.84. The summed E-state index contributed by atoms with van der Waals surface area (Å²) in [7, 11) is 0. The van der Waals surface area contributed by atoms with Gasteiger partial charge in [0.05, 0.1) is 11.0 Å². The maximum atomic E-state index is 12.2. The summed E-state index contributed by atoms with van der Waals surface area (Å²) in [6.07, 6.45) is 0. The first-order valence-corrected chi connectivity index (χ1v) is 6.09. The van der Waals surface area contributed by atoms with Crippen molar-refractivity contribution in [3.8, 4) is 0 Å². The molecular weight excluding hydrogens is 216 g/mol. The zero-order chi connectivity index (χ0) is 14.3. The molecule has 0 saturated carbocycles. The van der Waals surface area contributed by atoms with E-state index in [9.17, 15) is 9.90 Å². The van der Waals surface area contributed by atoms with Crippen LogP contribution in [0.5, 0.6) is 0 Å². The molecule has 0 spiro atoms. The van der Waals surface area contributed by atoms with Crippen molar-refractivity contribution in [1.29, 1.82) is 0 Å². The van der Waals surface area contributed by atoms with Crippen LogP contribution in [0.2, 0.25) is 0 Å². The first kappa shape index (κ1) is 16.4. The molecule has 0 fully saturated rings. The van der Waals surface area contributed by atoms with E-state index in [0.29, 0.717) is 0 Å². The van der Waals surface area contributed by atoms with Crippen LogP contribution in [0.1, 0.15) is 62.3 Å². The molecule has 0 heterocycles. The Morgan fingerprint density at radius 3 is 1.47 bits per heavy atom. The highest BCUT2D eigenvalue weighted by atomic mass is 16.6. The molecule has 0 aromatic heterocycles. The van der Waals surface area contributed by atoms with E-state index in [0.717, 1.165) is 0 Å². The highest BCUT2D eigenvalue weighted by molar-refractivity contribution is 5.77. The molecule has 0 atom stereocenters. The van der Waals surface area contributed by atoms with E-state index in [-0.39, 0.29) is 5.97 Å². The van der Waals surface area contributed by atoms with Crippen LogP contribution in [0.15, 0.2) is 0 Å². The van der Waals surface area contributed by atoms with E-state index in [4.69, 9.17) is 4.74 Å². The number of aliphatic hydroxyl groups is 1. The third kappa shape index (κ3) is 3.44. The average molecular weight is 244 g/mol. The van der Waals surface area contributed by atoms with E-state index in [1.807, 2.05) is 48.5 Å². The summed E-state index contributed by atoms with van der Waals surface area (Å²) in [6, 6.07) is 0. The molecule has 0 amide bonds. The molecule has 0 aliphatic rings. The lowest BCUT2D eigenvalue weighted by Crippen LogP contribution is -2.53. The van der Waals surface area contributed by atoms with Crippen LogP contribution in [-0.4, -0.2) is 22.3 Å². The van der Waals surface area contributed by atoms with Crippen molar-refractivity contribution in [2.75, 3.05) is 0 Å². The van der Waals surface area contributed by atoms with E-state index >= 15 is 0 Å². The van der Waals surface area contributed by atoms with Gasteiger partial charge in [0.25, 0.3) is 0 Å². The van der Waals surface area contributed by atoms with Gasteiger partial charge in [0.15, 0.2) is 0 Å². The molecule has 0 radical (unpaired) electrons. The summed E-state index contributed by atoms with van der Waals surface area (Å²) in [5, 5.41) is 10.2. The molecule has 0 unspecified atom stereocenters. The Balaban J connectivity index is 5.22. The van der Waals surface area contributed by atoms with Crippen LogP contribution in [0.3, 0.4) is 0 Å². The predicted molar refractivity (Wildman–Crippen MR) is 69.7 cm³/mol. The zero-order valence-electron chi connectivity index (χ0n) is 12.8. The van der Waals surface area contributed by atoms with Crippen LogP contribution >= 0.6 is 0 Å². The van der Waals surface area contributed by atoms with Gasteiger partial charge in [-0.25, -0.2) is 0 Å². The SMILES string of the molecule is CC(C)(C)OC(=O)C(C)(C)C(C)(C)C(C)(C)O. The van der Waals surface area contributed by atoms with Gasteiger partial charge in [-0.3, -0.25) is 4.79 Å². The Bertz CT molecular complexity index is 288. The van der Waals surface area contributed by atoms with Crippen molar-refractivity contribution in [2.24, 2.45) is 10.8 Å². The lowest BCUT2D eigenvalue weighted by molar-refractivity contribution is -0.185. The number of carbonyl (C=O) groups excluding carboxylic acids is 1. The molecule has 17 heavy (non-hydrogen) atoms. The van der Waals surface area contributed by atoms with Crippen LogP contribution in [-0.2, 0) is 9.53 Å². The molecule has 0 bridgehead atoms. The molecule has 0 saturated heterocycles. The number of carbonyl (C=O) groups is 1. The molecule has 0 rings (SSSR count). The van der Waals surface area contributed by atoms with Gasteiger partial charge in [-0.1, -0.05) is 13.8 Å². The van der Waals surface area contributed by atoms with Crippen molar-refractivity contribution in [2.45, 2.75) is 73.5 Å². The van der Waals surface area contributed by atoms with Crippen LogP contribution in [0.25, 0.3) is 0 Å². The van der Waals surface area contributed by atoms with Gasteiger partial charge in [0.1, 0.15) is 5.60 Å². The van der Waals surface area contributed by atoms with Gasteiger partial charge >= 0.3 is 5.97 Å². The predicted octanol–water partition coefficient (Wildman–Crippen LogP) is 3.15. The Labute approximate surface area is 106 Å². The summed E-state index contributed by atoms with van der Waals surface area (Å²) in [4.78, 5) is 12.2. The minimum absolute atomic E-state index is 0.280. The Hall–Kier alpha value is -0.570. The topological polar surface area (TPSA) is 46.5 Å². The fourth-order valence-electron chi connectivity index (χ4n) is 1.43. The molecule has 3 nitrogen and oxygen atoms in total. The standard InChI is InChI=1S/C14H28O3/c1-11(2,3)17-10(15)12(4,5)13(6,7)14(8,9)16/h16H,1-9H3. The molecule has 1 N–H and O–H groups in total. The van der Waals surface area contributed by atoms with E-state index in [1.54, 1.807) is 13.8 Å². The molecule has 0 aromatic rings. The quantitative estimate of drug-likeness (QED) is 0.776. The smallest absolute Gasteiger partial charge is 0.312 e. The number of hydrogen-bond acceptors (Lipinski definition) is 3. The van der Waals surface area contributed by atoms with Crippen molar-refractivity contribution >= 4 is 5.97 Å². The van der Waals surface area contributed by atoms with Crippen molar-refractivity contribution in [3.05, 3.63) is 0 Å². The normalized spacial score (nSPS) is 14.7. The third-order valence-corrected chi connectivity index (χ3v) is 4.00. The second-order valence-electron chi connectivity index (χ2n) is 7.31. The number of hydrogen-bond donors (Lipinski definition) is 1. The number of esters is 1. The van der Waals surface area contributed by atoms with Crippen molar-refractivity contribution in [1.82, 2.24) is 0 Å². The Morgan fingerprint density at radius 1 is 0.882 bits per heavy atom. The summed E-state index contributed by atoms with van der Waals surface area (Å²) in [6.45, 7) is 16.4. The van der Waals surface area contributed by atoms with Gasteiger partial charge in [-0.15, -0.1) is 0 Å². The van der Waals surface area contributed by atoms with Crippen molar-refractivity contribution < 1.29 is 14.6 Å². The average Bonchev–Trinajstić information content (AvgIpc) is 1.97. The first-order valence-electron chi connectivity index (χ1n) is 6.09. The Kier molecular flexibility index (Phi) is 4.13. The highest BCUT2D eigenvalue weighted by Crippen LogP contribution is 2.47. The molecule has 3 heteroatoms. The summed E-state index contributed by atoms with van der Waals surface area (Å²) >= 11 is 0. The highest BCUT2D eigenvalue weighted by Gasteiger charge is 2.52. The van der Waals surface area contributed by atoms with E-state index < -0.39 is 22.0 Å². The molecule has 102 valence electrons. The van der Waals surface area contributed by atoms with E-state index in [2.05, 4.69) is 0 Å². The lowest BCUT2D eigenvalue weighted by Gasteiger charge is -2.48. The molecule has 0 aromatic carbocycles. The zero-order valence-corrected chi connectivity index (χ0v) is 12.8. The number of ether oxygens (including phenoxy) is 1. The fraction of sp³-hybridized carbons (Fsp3) is 0.929. The van der Waals surface area contributed by atoms with Crippen molar-refractivity contribution in [3.63, 3.8) is 0 Å². The monoisotopic (exact) mass is 244 g/mol. The van der Waals surface area contributed by atoms with Gasteiger partial charge in [0.2, 0.25) is 0 Å². The van der Waals surface area contributed by atoms with E-state index in [1.165, 1.54) is 0 Å². The summed E-state index contributed by atoms with van der Waals surface area (Å²) < 4.78 is 5.43. The van der Waals surface area contributed by atoms with Crippen LogP contribution < -0.4 is 0 Å². The second kappa shape index (κ2) is 4.27. The summed E-state index contributed by atoms with van der Waals surface area (Å²) in [5.74, 6) is -0.280. The molecular formula is C14H28O3. The lowest BCUT2D eigenvalue weighted by atomic mass is 9.60. The molecule has 0 aliphatic heterocycles. The maximum Gasteiger partial charge on any atom is 0.312 e.